The number of thioether (sulfide) groups is 1. The van der Waals surface area contributed by atoms with Gasteiger partial charge in [-0.1, -0.05) is 48.5 Å². The number of nitrogens with zero attached hydrogens (tertiary/aromatic N) is 5. The first-order valence-corrected chi connectivity index (χ1v) is 28.7. The van der Waals surface area contributed by atoms with Crippen molar-refractivity contribution in [1.29, 1.82) is 0 Å². The fraction of sp³-hybridized carbons (Fsp3) is 0.459. The number of pyridine rings is 1. The number of hydrogen-bond donors (Lipinski definition) is 3. The van der Waals surface area contributed by atoms with Gasteiger partial charge in [0.1, 0.15) is 0 Å². The Morgan fingerprint density at radius 1 is 0.718 bits per heavy atom. The summed E-state index contributed by atoms with van der Waals surface area (Å²) >= 11 is 1.64. The van der Waals surface area contributed by atoms with Crippen LogP contribution in [0.3, 0.4) is 0 Å². The van der Waals surface area contributed by atoms with Crippen LogP contribution in [0.15, 0.2) is 114 Å². The molecule has 17 heteroatoms. The summed E-state index contributed by atoms with van der Waals surface area (Å²) in [7, 11) is 1.78. The summed E-state index contributed by atoms with van der Waals surface area (Å²) in [6, 6.07) is 31.8. The summed E-state index contributed by atoms with van der Waals surface area (Å²) in [6.07, 6.45) is 10.3. The van der Waals surface area contributed by atoms with Gasteiger partial charge in [0.2, 0.25) is 11.8 Å². The summed E-state index contributed by atoms with van der Waals surface area (Å²) < 4.78 is 22.3. The second-order valence-corrected chi connectivity index (χ2v) is 21.1. The predicted molar refractivity (Wildman–Crippen MR) is 305 cm³/mol. The number of piperidine rings is 1. The van der Waals surface area contributed by atoms with Crippen LogP contribution in [0.5, 0.6) is 0 Å². The van der Waals surface area contributed by atoms with Crippen molar-refractivity contribution < 1.29 is 43.2 Å². The normalized spacial score (nSPS) is 15.6. The van der Waals surface area contributed by atoms with Gasteiger partial charge in [-0.15, -0.1) is 11.8 Å². The second kappa shape index (κ2) is 30.8. The maximum absolute atomic E-state index is 14.2. The van der Waals surface area contributed by atoms with E-state index in [0.29, 0.717) is 107 Å². The number of likely N-dealkylation sites (N-methyl/N-ethyl adjacent to an activating group) is 1. The van der Waals surface area contributed by atoms with Gasteiger partial charge in [0.15, 0.2) is 0 Å². The first kappa shape index (κ1) is 58.0. The summed E-state index contributed by atoms with van der Waals surface area (Å²) in [5, 5.41) is 15.4. The van der Waals surface area contributed by atoms with Gasteiger partial charge in [-0.2, -0.15) is 0 Å². The molecule has 3 heterocycles. The molecule has 4 aromatic carbocycles. The van der Waals surface area contributed by atoms with Gasteiger partial charge in [-0.3, -0.25) is 29.1 Å². The first-order chi connectivity index (χ1) is 38.2. The molecule has 5 aromatic rings. The number of aliphatic hydroxyl groups excluding tert-OH is 1. The third-order valence-electron chi connectivity index (χ3n) is 14.6. The van der Waals surface area contributed by atoms with Gasteiger partial charge in [-0.05, 0) is 109 Å². The van der Waals surface area contributed by atoms with Crippen LogP contribution in [0.4, 0.5) is 11.4 Å². The zero-order valence-electron chi connectivity index (χ0n) is 45.2. The molecule has 1 atom stereocenters. The third kappa shape index (κ3) is 17.4. The highest BCUT2D eigenvalue weighted by Crippen LogP contribution is 2.37. The van der Waals surface area contributed by atoms with Gasteiger partial charge in [0, 0.05) is 111 Å². The number of anilines is 2. The molecule has 0 saturated carbocycles. The number of piperazine rings is 1. The number of aliphatic hydroxyl groups is 1. The molecule has 78 heavy (non-hydrogen) atoms. The SMILES string of the molecule is CN(CCOCCOCCOCCC(=O)N1CCN(CCOCCO)CC1)C(=O)Cc1cccc(SCc2cccc(C(=O)Nc3ccc(N4CCCCC4)cc3-c3cnccc3C(=O)NC3CCCc4ccccc43)c2)c1. The molecule has 0 spiro atoms. The number of rotatable bonds is 28. The van der Waals surface area contributed by atoms with E-state index in [0.717, 1.165) is 92.1 Å². The highest BCUT2D eigenvalue weighted by Gasteiger charge is 2.26. The van der Waals surface area contributed by atoms with Crippen LogP contribution in [-0.4, -0.2) is 167 Å². The largest absolute Gasteiger partial charge is 0.394 e. The lowest BCUT2D eigenvalue weighted by Gasteiger charge is -2.34. The zero-order chi connectivity index (χ0) is 54.3. The van der Waals surface area contributed by atoms with E-state index in [1.165, 1.54) is 17.5 Å². The van der Waals surface area contributed by atoms with Crippen LogP contribution in [0.25, 0.3) is 11.1 Å². The fourth-order valence-electron chi connectivity index (χ4n) is 10.1. The molecular formula is C61H77N7O9S. The number of carbonyl (C=O) groups excluding carboxylic acids is 4. The van der Waals surface area contributed by atoms with Gasteiger partial charge < -0.3 is 49.4 Å². The molecule has 1 aromatic heterocycles. The minimum atomic E-state index is -0.255. The van der Waals surface area contributed by atoms with Gasteiger partial charge in [0.05, 0.1) is 83.9 Å². The number of nitrogens with one attached hydrogen (secondary N) is 2. The topological polar surface area (TPSA) is 175 Å². The molecule has 4 amide bonds. The van der Waals surface area contributed by atoms with Crippen molar-refractivity contribution in [2.45, 2.75) is 68.1 Å². The van der Waals surface area contributed by atoms with Crippen LogP contribution < -0.4 is 15.5 Å². The van der Waals surface area contributed by atoms with Crippen LogP contribution >= 0.6 is 11.8 Å². The lowest BCUT2D eigenvalue weighted by atomic mass is 9.87. The number of aryl methyl sites for hydroxylation is 1. The first-order valence-electron chi connectivity index (χ1n) is 27.7. The Kier molecular flexibility index (Phi) is 22.9. The number of carbonyl (C=O) groups is 4. The molecule has 16 nitrogen and oxygen atoms in total. The van der Waals surface area contributed by atoms with Crippen LogP contribution in [0.1, 0.15) is 87.5 Å². The van der Waals surface area contributed by atoms with Crippen molar-refractivity contribution in [1.82, 2.24) is 25.0 Å². The molecular weight excluding hydrogens is 1010 g/mol. The Labute approximate surface area is 464 Å². The van der Waals surface area contributed by atoms with E-state index >= 15 is 0 Å². The number of amides is 4. The van der Waals surface area contributed by atoms with E-state index in [1.807, 2.05) is 65.6 Å². The van der Waals surface area contributed by atoms with Gasteiger partial charge in [0.25, 0.3) is 11.8 Å². The van der Waals surface area contributed by atoms with Crippen molar-refractivity contribution in [3.63, 3.8) is 0 Å². The Hall–Kier alpha value is -6.18. The predicted octanol–water partition coefficient (Wildman–Crippen LogP) is 7.68. The fourth-order valence-corrected chi connectivity index (χ4v) is 11.1. The number of benzene rings is 4. The lowest BCUT2D eigenvalue weighted by Crippen LogP contribution is -2.49. The van der Waals surface area contributed by atoms with E-state index in [2.05, 4.69) is 55.7 Å². The standard InChI is InChI=1S/C61H77N7O9S/c1-65(29-33-76-37-39-77-38-36-74-32-21-58(70)68-27-25-66(26-28-68)30-34-75-35-31-69)59(71)42-46-10-8-15-51(41-46)78-45-47-11-7-14-49(40-47)60(72)63-57-19-18-50(67-23-5-2-6-24-67)43-54(57)55-44-62-22-20-53(55)61(73)64-56-17-9-13-48-12-3-4-16-52(48)56/h3-4,7-8,10-12,14-16,18-20,22,40-41,43-44,56,69H,2,5-6,9,13,17,21,23-39,42,45H2,1H3,(H,63,72)(H,64,73). The number of hydrogen-bond acceptors (Lipinski definition) is 13. The maximum atomic E-state index is 14.2. The molecule has 416 valence electrons. The highest BCUT2D eigenvalue weighted by atomic mass is 32.2. The van der Waals surface area contributed by atoms with Crippen molar-refractivity contribution in [2.24, 2.45) is 0 Å². The second-order valence-electron chi connectivity index (χ2n) is 20.0. The van der Waals surface area contributed by atoms with Gasteiger partial charge >= 0.3 is 0 Å². The van der Waals surface area contributed by atoms with Crippen LogP contribution in [0.2, 0.25) is 0 Å². The summed E-state index contributed by atoms with van der Waals surface area (Å²) in [5.41, 5.74) is 8.40. The minimum Gasteiger partial charge on any atom is -0.394 e. The molecule has 0 bridgehead atoms. The molecule has 2 saturated heterocycles. The Morgan fingerprint density at radius 2 is 1.47 bits per heavy atom. The molecule has 3 N–H and O–H groups in total. The molecule has 2 fully saturated rings. The monoisotopic (exact) mass is 1080 g/mol. The number of fused-ring (bicyclic) bond motifs is 1. The lowest BCUT2D eigenvalue weighted by molar-refractivity contribution is -0.134. The van der Waals surface area contributed by atoms with E-state index < -0.39 is 0 Å². The molecule has 0 radical (unpaired) electrons. The summed E-state index contributed by atoms with van der Waals surface area (Å²) in [4.78, 5) is 67.9. The molecule has 1 aliphatic carbocycles. The number of aromatic nitrogens is 1. The average molecular weight is 1080 g/mol. The van der Waals surface area contributed by atoms with Crippen molar-refractivity contribution in [3.05, 3.63) is 143 Å². The molecule has 2 aliphatic heterocycles. The van der Waals surface area contributed by atoms with Crippen molar-refractivity contribution in [2.75, 3.05) is 129 Å². The van der Waals surface area contributed by atoms with E-state index in [1.54, 1.807) is 42.2 Å². The molecule has 1 unspecified atom stereocenters. The van der Waals surface area contributed by atoms with Crippen LogP contribution in [-0.2, 0) is 47.1 Å². The summed E-state index contributed by atoms with van der Waals surface area (Å²) in [5.74, 6) is 0.279. The Balaban J connectivity index is 0.761. The highest BCUT2D eigenvalue weighted by molar-refractivity contribution is 7.98. The number of ether oxygens (including phenoxy) is 4. The van der Waals surface area contributed by atoms with E-state index in [-0.39, 0.29) is 42.7 Å². The third-order valence-corrected chi connectivity index (χ3v) is 15.6. The quantitative estimate of drug-likeness (QED) is 0.0329. The molecule has 3 aliphatic rings. The van der Waals surface area contributed by atoms with Crippen molar-refractivity contribution >= 4 is 46.8 Å². The van der Waals surface area contributed by atoms with E-state index in [9.17, 15) is 19.2 Å². The average Bonchev–Trinajstić information content (AvgIpc) is 3.51. The minimum absolute atomic E-state index is 0.00748. The van der Waals surface area contributed by atoms with E-state index in [4.69, 9.17) is 24.1 Å². The molecule has 8 rings (SSSR count). The van der Waals surface area contributed by atoms with Crippen LogP contribution in [0, 0.1) is 0 Å². The summed E-state index contributed by atoms with van der Waals surface area (Å²) in [6.45, 7) is 9.45. The van der Waals surface area contributed by atoms with Crippen molar-refractivity contribution in [3.8, 4) is 11.1 Å². The van der Waals surface area contributed by atoms with Gasteiger partial charge in [-0.25, -0.2) is 0 Å². The maximum Gasteiger partial charge on any atom is 0.255 e. The Morgan fingerprint density at radius 3 is 2.29 bits per heavy atom. The smallest absolute Gasteiger partial charge is 0.255 e. The zero-order valence-corrected chi connectivity index (χ0v) is 46.0. The Bertz CT molecular complexity index is 2730.